The van der Waals surface area contributed by atoms with Gasteiger partial charge in [0.05, 0.1) is 11.0 Å². The average Bonchev–Trinajstić information content (AvgIpc) is 2.88. The Kier molecular flexibility index (Phi) is 6.01. The molecule has 0 fully saturated rings. The monoisotopic (exact) mass is 506 g/mol. The molecule has 0 radical (unpaired) electrons. The zero-order valence-electron chi connectivity index (χ0n) is 19.9. The van der Waals surface area contributed by atoms with Crippen LogP contribution in [0.2, 0.25) is 0 Å². The minimum Gasteiger partial charge on any atom is -0.369 e. The number of allylic oxidation sites excluding steroid dienone is 2. The highest BCUT2D eigenvalue weighted by molar-refractivity contribution is 5.93. The Morgan fingerprint density at radius 1 is 1.08 bits per heavy atom. The summed E-state index contributed by atoms with van der Waals surface area (Å²) in [6, 6.07) is 12.1. The molecule has 2 heterocycles. The fraction of sp³-hybridized carbons (Fsp3) is 0.250. The third-order valence-electron chi connectivity index (χ3n) is 7.45. The van der Waals surface area contributed by atoms with E-state index in [-0.39, 0.29) is 19.4 Å². The maximum absolute atomic E-state index is 13.5. The van der Waals surface area contributed by atoms with Crippen molar-refractivity contribution in [3.63, 3.8) is 0 Å². The van der Waals surface area contributed by atoms with Crippen LogP contribution in [0.15, 0.2) is 78.1 Å². The zero-order valence-corrected chi connectivity index (χ0v) is 19.9. The zero-order chi connectivity index (χ0) is 26.4. The number of alkyl halides is 3. The molecule has 1 atom stereocenters. The van der Waals surface area contributed by atoms with Gasteiger partial charge in [0.1, 0.15) is 0 Å². The number of nitrogens with two attached hydrogens (primary N) is 2. The number of urea groups is 1. The highest BCUT2D eigenvalue weighted by Gasteiger charge is 2.46. The Morgan fingerprint density at radius 2 is 1.86 bits per heavy atom. The van der Waals surface area contributed by atoms with Crippen LogP contribution in [-0.4, -0.2) is 34.9 Å². The van der Waals surface area contributed by atoms with Gasteiger partial charge in [0, 0.05) is 30.9 Å². The summed E-state index contributed by atoms with van der Waals surface area (Å²) < 4.78 is 40.4. The van der Waals surface area contributed by atoms with E-state index in [1.807, 2.05) is 30.3 Å². The molecule has 0 saturated heterocycles. The number of amides is 3. The van der Waals surface area contributed by atoms with Gasteiger partial charge in [-0.3, -0.25) is 9.78 Å². The largest absolute Gasteiger partial charge is 0.416 e. The molecule has 3 aromatic rings. The van der Waals surface area contributed by atoms with Gasteiger partial charge in [-0.25, -0.2) is 4.79 Å². The predicted molar refractivity (Wildman–Crippen MR) is 134 cm³/mol. The van der Waals surface area contributed by atoms with Gasteiger partial charge in [0.2, 0.25) is 5.91 Å². The Balaban J connectivity index is 1.66. The number of pyridine rings is 1. The number of carbonyl (C=O) groups excluding carboxylic acids is 2. The smallest absolute Gasteiger partial charge is 0.369 e. The van der Waals surface area contributed by atoms with Crippen molar-refractivity contribution in [2.24, 2.45) is 16.9 Å². The number of fused-ring (bicyclic) bond motifs is 1. The van der Waals surface area contributed by atoms with Crippen molar-refractivity contribution in [2.75, 3.05) is 13.1 Å². The van der Waals surface area contributed by atoms with Gasteiger partial charge < -0.3 is 16.4 Å². The SMILES string of the molecule is NC(=O)N1CCC2=C(C1)C(Cc1cccc3cnccc13)(C(N)=O)CC=C2c1cccc(C(F)(F)F)c1. The Morgan fingerprint density at radius 3 is 2.59 bits per heavy atom. The minimum atomic E-state index is -4.49. The van der Waals surface area contributed by atoms with Crippen LogP contribution in [0.3, 0.4) is 0 Å². The van der Waals surface area contributed by atoms with Gasteiger partial charge in [0.25, 0.3) is 0 Å². The van der Waals surface area contributed by atoms with Gasteiger partial charge in [-0.2, -0.15) is 13.2 Å². The summed E-state index contributed by atoms with van der Waals surface area (Å²) in [6.45, 7) is 0.371. The molecule has 37 heavy (non-hydrogen) atoms. The van der Waals surface area contributed by atoms with Crippen molar-refractivity contribution in [1.29, 1.82) is 0 Å². The Labute approximate surface area is 211 Å². The fourth-order valence-corrected chi connectivity index (χ4v) is 5.55. The second kappa shape index (κ2) is 9.06. The molecule has 2 aromatic carbocycles. The van der Waals surface area contributed by atoms with E-state index in [1.54, 1.807) is 18.5 Å². The van der Waals surface area contributed by atoms with E-state index < -0.39 is 29.1 Å². The predicted octanol–water partition coefficient (Wildman–Crippen LogP) is 4.84. The summed E-state index contributed by atoms with van der Waals surface area (Å²) in [4.78, 5) is 31.0. The number of hydrogen-bond acceptors (Lipinski definition) is 3. The third kappa shape index (κ3) is 4.34. The molecule has 5 rings (SSSR count). The number of aromatic nitrogens is 1. The van der Waals surface area contributed by atoms with Crippen LogP contribution >= 0.6 is 0 Å². The normalized spacial score (nSPS) is 20.0. The van der Waals surface area contributed by atoms with E-state index in [0.717, 1.165) is 34.0 Å². The van der Waals surface area contributed by atoms with E-state index in [4.69, 9.17) is 11.5 Å². The van der Waals surface area contributed by atoms with Gasteiger partial charge in [0.15, 0.2) is 0 Å². The van der Waals surface area contributed by atoms with Crippen molar-refractivity contribution in [1.82, 2.24) is 9.88 Å². The topological polar surface area (TPSA) is 102 Å². The number of primary amides is 2. The van der Waals surface area contributed by atoms with E-state index in [9.17, 15) is 22.8 Å². The quantitative estimate of drug-likeness (QED) is 0.530. The fourth-order valence-electron chi connectivity index (χ4n) is 5.55. The molecule has 1 aromatic heterocycles. The molecule has 1 unspecified atom stereocenters. The number of halogens is 3. The van der Waals surface area contributed by atoms with Crippen LogP contribution in [0.4, 0.5) is 18.0 Å². The first-order valence-corrected chi connectivity index (χ1v) is 11.9. The molecule has 0 spiro atoms. The number of benzene rings is 2. The Bertz CT molecular complexity index is 1470. The van der Waals surface area contributed by atoms with Crippen LogP contribution < -0.4 is 11.5 Å². The molecule has 190 valence electrons. The van der Waals surface area contributed by atoms with Crippen molar-refractivity contribution < 1.29 is 22.8 Å². The van der Waals surface area contributed by atoms with Crippen LogP contribution in [-0.2, 0) is 17.4 Å². The summed E-state index contributed by atoms with van der Waals surface area (Å²) in [6.07, 6.45) is 1.53. The van der Waals surface area contributed by atoms with Crippen LogP contribution in [0, 0.1) is 5.41 Å². The van der Waals surface area contributed by atoms with E-state index in [2.05, 4.69) is 4.98 Å². The van der Waals surface area contributed by atoms with Crippen LogP contribution in [0.5, 0.6) is 0 Å². The maximum atomic E-state index is 13.5. The summed E-state index contributed by atoms with van der Waals surface area (Å²) in [5.41, 5.74) is 13.1. The van der Waals surface area contributed by atoms with E-state index in [0.29, 0.717) is 29.7 Å². The molecule has 4 N–H and O–H groups in total. The third-order valence-corrected chi connectivity index (χ3v) is 7.45. The molecule has 6 nitrogen and oxygen atoms in total. The number of rotatable bonds is 4. The lowest BCUT2D eigenvalue weighted by Gasteiger charge is -2.43. The number of carbonyl (C=O) groups is 2. The second-order valence-electron chi connectivity index (χ2n) is 9.50. The minimum absolute atomic E-state index is 0.0796. The average molecular weight is 507 g/mol. The lowest BCUT2D eigenvalue weighted by atomic mass is 9.64. The maximum Gasteiger partial charge on any atom is 0.416 e. The standard InChI is InChI=1S/C28H25F3N4O2/c29-28(30,31)20-6-2-3-17(13-20)22-7-10-27(25(32)36,24-16-35(26(33)37)12-9-23(22)24)14-18-4-1-5-19-15-34-11-8-21(18)19/h1-8,11,13,15H,9-10,12,14,16H2,(H2,32,36)(H2,33,37). The van der Waals surface area contributed by atoms with Gasteiger partial charge in [-0.05, 0) is 70.7 Å². The first-order valence-electron chi connectivity index (χ1n) is 11.9. The Hall–Kier alpha value is -4.14. The molecule has 2 aliphatic rings. The highest BCUT2D eigenvalue weighted by atomic mass is 19.4. The lowest BCUT2D eigenvalue weighted by molar-refractivity contribution is -0.137. The molecule has 1 aliphatic heterocycles. The summed E-state index contributed by atoms with van der Waals surface area (Å²) >= 11 is 0. The van der Waals surface area contributed by atoms with Crippen molar-refractivity contribution in [3.8, 4) is 0 Å². The van der Waals surface area contributed by atoms with Crippen LogP contribution in [0.1, 0.15) is 29.5 Å². The van der Waals surface area contributed by atoms with Crippen molar-refractivity contribution in [3.05, 3.63) is 94.8 Å². The molecule has 1 aliphatic carbocycles. The summed E-state index contributed by atoms with van der Waals surface area (Å²) in [5, 5.41) is 1.84. The first-order chi connectivity index (χ1) is 17.6. The molecule has 9 heteroatoms. The van der Waals surface area contributed by atoms with Crippen molar-refractivity contribution >= 4 is 28.3 Å². The summed E-state index contributed by atoms with van der Waals surface area (Å²) in [7, 11) is 0. The first kappa shape index (κ1) is 24.5. The molecule has 3 amide bonds. The van der Waals surface area contributed by atoms with Crippen molar-refractivity contribution in [2.45, 2.75) is 25.4 Å². The number of hydrogen-bond donors (Lipinski definition) is 2. The molecule has 0 saturated carbocycles. The molecular formula is C28H25F3N4O2. The van der Waals surface area contributed by atoms with Gasteiger partial charge >= 0.3 is 12.2 Å². The van der Waals surface area contributed by atoms with E-state index >= 15 is 0 Å². The molecule has 0 bridgehead atoms. The molecular weight excluding hydrogens is 481 g/mol. The van der Waals surface area contributed by atoms with Gasteiger partial charge in [-0.15, -0.1) is 0 Å². The van der Waals surface area contributed by atoms with E-state index in [1.165, 1.54) is 11.0 Å². The van der Waals surface area contributed by atoms with Crippen LogP contribution in [0.25, 0.3) is 16.3 Å². The number of nitrogens with zero attached hydrogens (tertiary/aromatic N) is 2. The van der Waals surface area contributed by atoms with Gasteiger partial charge in [-0.1, -0.05) is 36.4 Å². The second-order valence-corrected chi connectivity index (χ2v) is 9.50. The summed E-state index contributed by atoms with van der Waals surface area (Å²) in [5.74, 6) is -0.559. The lowest BCUT2D eigenvalue weighted by Crippen LogP contribution is -2.50. The highest BCUT2D eigenvalue weighted by Crippen LogP contribution is 2.49.